The van der Waals surface area contributed by atoms with E-state index in [0.717, 1.165) is 35.5 Å². The lowest BCUT2D eigenvalue weighted by molar-refractivity contribution is 0.0944. The first-order valence-electron chi connectivity index (χ1n) is 12.2. The number of hydrogen-bond donors (Lipinski definition) is 2. The Kier molecular flexibility index (Phi) is 8.28. The summed E-state index contributed by atoms with van der Waals surface area (Å²) in [5.74, 6) is 2.18. The summed E-state index contributed by atoms with van der Waals surface area (Å²) in [5.41, 5.74) is 3.66. The first-order chi connectivity index (χ1) is 17.5. The molecular formula is C28H34N4O4. The summed E-state index contributed by atoms with van der Waals surface area (Å²) in [6, 6.07) is 14.1. The molecule has 0 radical (unpaired) electrons. The van der Waals surface area contributed by atoms with Gasteiger partial charge in [-0.2, -0.15) is 0 Å². The van der Waals surface area contributed by atoms with Crippen LogP contribution in [0.3, 0.4) is 0 Å². The number of amides is 1. The monoisotopic (exact) mass is 490 g/mol. The number of carbonyl (C=O) groups is 1. The molecule has 0 aliphatic heterocycles. The number of benzene rings is 2. The predicted octanol–water partition coefficient (Wildman–Crippen LogP) is 4.80. The van der Waals surface area contributed by atoms with Crippen LogP contribution in [0.2, 0.25) is 0 Å². The fourth-order valence-electron chi connectivity index (χ4n) is 4.14. The summed E-state index contributed by atoms with van der Waals surface area (Å²) in [6.07, 6.45) is 4.32. The van der Waals surface area contributed by atoms with Gasteiger partial charge in [0.15, 0.2) is 5.69 Å². The number of aromatic nitrogens is 2. The van der Waals surface area contributed by atoms with Crippen LogP contribution in [0.25, 0.3) is 10.9 Å². The minimum atomic E-state index is -0.224. The number of H-pyrrole nitrogens is 1. The molecule has 2 aromatic heterocycles. The minimum absolute atomic E-state index is 0.224. The van der Waals surface area contributed by atoms with Gasteiger partial charge in [0.2, 0.25) is 5.89 Å². The zero-order valence-electron chi connectivity index (χ0n) is 21.3. The Bertz CT molecular complexity index is 1290. The smallest absolute Gasteiger partial charge is 0.273 e. The van der Waals surface area contributed by atoms with Crippen molar-refractivity contribution in [1.29, 1.82) is 0 Å². The van der Waals surface area contributed by atoms with Crippen molar-refractivity contribution in [3.05, 3.63) is 77.6 Å². The summed E-state index contributed by atoms with van der Waals surface area (Å²) in [6.45, 7) is 6.48. The first-order valence-corrected chi connectivity index (χ1v) is 12.2. The lowest BCUT2D eigenvalue weighted by Crippen LogP contribution is -2.28. The number of nitrogens with zero attached hydrogens (tertiary/aromatic N) is 2. The topological polar surface area (TPSA) is 92.6 Å². The summed E-state index contributed by atoms with van der Waals surface area (Å²) in [4.78, 5) is 22.5. The maximum absolute atomic E-state index is 12.4. The molecule has 0 bridgehead atoms. The number of methoxy groups -OCH3 is 2. The summed E-state index contributed by atoms with van der Waals surface area (Å²) in [5, 5.41) is 4.10. The molecule has 0 atom stereocenters. The third-order valence-electron chi connectivity index (χ3n) is 6.07. The number of ether oxygens (including phenoxy) is 2. The average Bonchev–Trinajstić information content (AvgIpc) is 3.53. The van der Waals surface area contributed by atoms with Crippen LogP contribution >= 0.6 is 0 Å². The fourth-order valence-corrected chi connectivity index (χ4v) is 4.14. The van der Waals surface area contributed by atoms with Crippen LogP contribution in [-0.2, 0) is 19.5 Å². The Balaban J connectivity index is 1.53. The molecule has 190 valence electrons. The number of fused-ring (bicyclic) bond motifs is 1. The molecule has 2 aromatic carbocycles. The molecule has 2 N–H and O–H groups in total. The molecule has 0 unspecified atom stereocenters. The number of nitrogens with one attached hydrogen (secondary N) is 2. The van der Waals surface area contributed by atoms with E-state index in [1.54, 1.807) is 14.2 Å². The van der Waals surface area contributed by atoms with Gasteiger partial charge in [0.1, 0.15) is 17.8 Å². The van der Waals surface area contributed by atoms with Crippen LogP contribution < -0.4 is 14.8 Å². The van der Waals surface area contributed by atoms with Crippen molar-refractivity contribution >= 4 is 16.8 Å². The first kappa shape index (κ1) is 25.3. The molecule has 0 spiro atoms. The summed E-state index contributed by atoms with van der Waals surface area (Å²) >= 11 is 0. The van der Waals surface area contributed by atoms with E-state index >= 15 is 0 Å². The van der Waals surface area contributed by atoms with E-state index in [2.05, 4.69) is 44.6 Å². The van der Waals surface area contributed by atoms with Crippen LogP contribution in [0.5, 0.6) is 11.5 Å². The summed E-state index contributed by atoms with van der Waals surface area (Å²) in [7, 11) is 3.32. The maximum Gasteiger partial charge on any atom is 0.273 e. The average molecular weight is 491 g/mol. The number of rotatable bonds is 12. The van der Waals surface area contributed by atoms with Crippen LogP contribution in [0.4, 0.5) is 0 Å². The van der Waals surface area contributed by atoms with Gasteiger partial charge in [-0.25, -0.2) is 4.98 Å². The van der Waals surface area contributed by atoms with Crippen LogP contribution in [0, 0.1) is 5.92 Å². The van der Waals surface area contributed by atoms with Gasteiger partial charge in [-0.05, 0) is 42.2 Å². The highest BCUT2D eigenvalue weighted by Gasteiger charge is 2.18. The number of aromatic amines is 1. The molecule has 0 saturated heterocycles. The Morgan fingerprint density at radius 2 is 1.94 bits per heavy atom. The normalized spacial score (nSPS) is 11.4. The van der Waals surface area contributed by atoms with Gasteiger partial charge >= 0.3 is 0 Å². The largest absolute Gasteiger partial charge is 0.497 e. The molecular weight excluding hydrogens is 456 g/mol. The van der Waals surface area contributed by atoms with Crippen molar-refractivity contribution in [2.75, 3.05) is 27.3 Å². The zero-order chi connectivity index (χ0) is 25.5. The van der Waals surface area contributed by atoms with Gasteiger partial charge in [0.25, 0.3) is 5.91 Å². The molecule has 2 heterocycles. The van der Waals surface area contributed by atoms with Crippen LogP contribution in [-0.4, -0.2) is 48.1 Å². The summed E-state index contributed by atoms with van der Waals surface area (Å²) < 4.78 is 16.7. The van der Waals surface area contributed by atoms with E-state index in [9.17, 15) is 4.79 Å². The lowest BCUT2D eigenvalue weighted by Gasteiger charge is -2.22. The van der Waals surface area contributed by atoms with Gasteiger partial charge in [0, 0.05) is 42.3 Å². The molecule has 36 heavy (non-hydrogen) atoms. The molecule has 4 rings (SSSR count). The van der Waals surface area contributed by atoms with E-state index < -0.39 is 0 Å². The third-order valence-corrected chi connectivity index (χ3v) is 6.07. The third kappa shape index (κ3) is 6.26. The van der Waals surface area contributed by atoms with Crippen LogP contribution in [0.1, 0.15) is 41.4 Å². The molecule has 0 aliphatic carbocycles. The molecule has 4 aromatic rings. The van der Waals surface area contributed by atoms with E-state index in [4.69, 9.17) is 13.9 Å². The number of para-hydroxylation sites is 1. The second kappa shape index (κ2) is 11.8. The molecule has 0 aliphatic rings. The molecule has 0 fully saturated rings. The van der Waals surface area contributed by atoms with E-state index in [1.807, 2.05) is 38.1 Å². The predicted molar refractivity (Wildman–Crippen MR) is 139 cm³/mol. The molecule has 8 heteroatoms. The highest BCUT2D eigenvalue weighted by Crippen LogP contribution is 2.26. The van der Waals surface area contributed by atoms with Crippen molar-refractivity contribution in [2.45, 2.75) is 33.4 Å². The highest BCUT2D eigenvalue weighted by molar-refractivity contribution is 5.91. The number of carbonyl (C=O) groups excluding carboxylic acids is 1. The Morgan fingerprint density at radius 1 is 1.11 bits per heavy atom. The molecule has 1 amide bonds. The van der Waals surface area contributed by atoms with Crippen molar-refractivity contribution in [3.8, 4) is 11.5 Å². The van der Waals surface area contributed by atoms with Gasteiger partial charge in [-0.1, -0.05) is 32.0 Å². The Labute approximate surface area is 211 Å². The van der Waals surface area contributed by atoms with E-state index in [1.165, 1.54) is 17.2 Å². The van der Waals surface area contributed by atoms with Crippen LogP contribution in [0.15, 0.2) is 59.3 Å². The maximum atomic E-state index is 12.4. The van der Waals surface area contributed by atoms with Gasteiger partial charge < -0.3 is 24.2 Å². The fraction of sp³-hybridized carbons (Fsp3) is 0.357. The molecule has 8 nitrogen and oxygen atoms in total. The van der Waals surface area contributed by atoms with Gasteiger partial charge in [-0.15, -0.1) is 0 Å². The van der Waals surface area contributed by atoms with Crippen molar-refractivity contribution in [2.24, 2.45) is 5.92 Å². The second-order valence-corrected chi connectivity index (χ2v) is 9.23. The number of oxazole rings is 1. The lowest BCUT2D eigenvalue weighted by atomic mass is 10.1. The Morgan fingerprint density at radius 3 is 2.72 bits per heavy atom. The zero-order valence-corrected chi connectivity index (χ0v) is 21.3. The number of hydrogen-bond acceptors (Lipinski definition) is 6. The van der Waals surface area contributed by atoms with Gasteiger partial charge in [0.05, 0.1) is 20.8 Å². The van der Waals surface area contributed by atoms with E-state index in [-0.39, 0.29) is 5.91 Å². The quantitative estimate of drug-likeness (QED) is 0.296. The van der Waals surface area contributed by atoms with Crippen molar-refractivity contribution in [1.82, 2.24) is 20.2 Å². The standard InChI is InChI=1S/C28H34N4O4/c1-19(2)14-30-28(33)25-18-36-27(31-25)17-32(16-21-13-22(34-3)9-10-26(21)35-4)12-11-20-15-29-24-8-6-5-7-23(20)24/h5-10,13,15,18-19,29H,11-12,14,16-17H2,1-4H3,(H,30,33). The molecule has 0 saturated carbocycles. The second-order valence-electron chi connectivity index (χ2n) is 9.23. The van der Waals surface area contributed by atoms with E-state index in [0.29, 0.717) is 37.1 Å². The minimum Gasteiger partial charge on any atom is -0.497 e. The van der Waals surface area contributed by atoms with Crippen molar-refractivity contribution < 1.29 is 18.7 Å². The highest BCUT2D eigenvalue weighted by atomic mass is 16.5. The van der Waals surface area contributed by atoms with Gasteiger partial charge in [-0.3, -0.25) is 9.69 Å². The SMILES string of the molecule is COc1ccc(OC)c(CN(CCc2c[nH]c3ccccc23)Cc2nc(C(=O)NCC(C)C)co2)c1. The van der Waals surface area contributed by atoms with Crippen molar-refractivity contribution in [3.63, 3.8) is 0 Å². The Hall–Kier alpha value is -3.78.